The van der Waals surface area contributed by atoms with Gasteiger partial charge in [-0.2, -0.15) is 0 Å². The summed E-state index contributed by atoms with van der Waals surface area (Å²) in [5.41, 5.74) is 2.54. The van der Waals surface area contributed by atoms with Crippen LogP contribution >= 0.6 is 24.0 Å². The zero-order chi connectivity index (χ0) is 19.2. The number of benzene rings is 1. The molecule has 0 bridgehead atoms. The summed E-state index contributed by atoms with van der Waals surface area (Å²) in [5.74, 6) is 1.23. The van der Waals surface area contributed by atoms with Gasteiger partial charge in [-0.3, -0.25) is 14.7 Å². The summed E-state index contributed by atoms with van der Waals surface area (Å²) in [6.45, 7) is 10.4. The Morgan fingerprint density at radius 2 is 1.79 bits per heavy atom. The van der Waals surface area contributed by atoms with Crippen molar-refractivity contribution in [2.24, 2.45) is 4.99 Å². The van der Waals surface area contributed by atoms with E-state index in [1.165, 1.54) is 11.1 Å². The van der Waals surface area contributed by atoms with Crippen molar-refractivity contribution in [3.8, 4) is 0 Å². The number of guanidine groups is 1. The van der Waals surface area contributed by atoms with Crippen LogP contribution in [0.25, 0.3) is 0 Å². The van der Waals surface area contributed by atoms with E-state index in [0.717, 1.165) is 64.6 Å². The molecular formula is C21H34IN5O. The van der Waals surface area contributed by atoms with Crippen LogP contribution < -0.4 is 5.32 Å². The molecule has 6 nitrogen and oxygen atoms in total. The van der Waals surface area contributed by atoms with Gasteiger partial charge in [0, 0.05) is 52.9 Å². The third-order valence-electron chi connectivity index (χ3n) is 5.68. The first kappa shape index (κ1) is 22.9. The van der Waals surface area contributed by atoms with E-state index in [2.05, 4.69) is 58.2 Å². The number of aliphatic imine (C=N–C) groups is 1. The molecule has 28 heavy (non-hydrogen) atoms. The molecule has 1 amide bonds. The van der Waals surface area contributed by atoms with Gasteiger partial charge in [0.15, 0.2) is 5.96 Å². The fourth-order valence-corrected chi connectivity index (χ4v) is 4.01. The maximum absolute atomic E-state index is 12.6. The minimum atomic E-state index is -0.0208. The predicted octanol–water partition coefficient (Wildman–Crippen LogP) is 2.32. The smallest absolute Gasteiger partial charge is 0.239 e. The number of carbonyl (C=O) groups is 1. The van der Waals surface area contributed by atoms with Gasteiger partial charge in [0.1, 0.15) is 0 Å². The highest BCUT2D eigenvalue weighted by atomic mass is 127. The zero-order valence-corrected chi connectivity index (χ0v) is 19.7. The van der Waals surface area contributed by atoms with Crippen molar-refractivity contribution >= 4 is 35.8 Å². The van der Waals surface area contributed by atoms with Crippen LogP contribution in [0.1, 0.15) is 30.9 Å². The monoisotopic (exact) mass is 499 g/mol. The Morgan fingerprint density at radius 1 is 1.11 bits per heavy atom. The number of nitrogens with one attached hydrogen (secondary N) is 1. The van der Waals surface area contributed by atoms with E-state index in [-0.39, 0.29) is 30.0 Å². The van der Waals surface area contributed by atoms with Crippen LogP contribution in [0.15, 0.2) is 29.3 Å². The van der Waals surface area contributed by atoms with E-state index < -0.39 is 0 Å². The fourth-order valence-electron chi connectivity index (χ4n) is 4.01. The van der Waals surface area contributed by atoms with Crippen molar-refractivity contribution in [1.29, 1.82) is 0 Å². The number of carbonyl (C=O) groups excluding carboxylic acids is 1. The molecule has 1 unspecified atom stereocenters. The van der Waals surface area contributed by atoms with E-state index >= 15 is 0 Å². The van der Waals surface area contributed by atoms with Gasteiger partial charge in [-0.25, -0.2) is 0 Å². The molecule has 0 aliphatic carbocycles. The van der Waals surface area contributed by atoms with Crippen molar-refractivity contribution < 1.29 is 4.79 Å². The minimum Gasteiger partial charge on any atom is -0.352 e. The number of hydrogen-bond acceptors (Lipinski definition) is 3. The molecule has 2 heterocycles. The third-order valence-corrected chi connectivity index (χ3v) is 5.68. The highest BCUT2D eigenvalue weighted by molar-refractivity contribution is 14.0. The number of halogens is 1. The summed E-state index contributed by atoms with van der Waals surface area (Å²) < 4.78 is 0. The molecule has 7 heteroatoms. The lowest BCUT2D eigenvalue weighted by Crippen LogP contribution is -2.57. The quantitative estimate of drug-likeness (QED) is 0.393. The molecule has 156 valence electrons. The van der Waals surface area contributed by atoms with Gasteiger partial charge in [-0.15, -0.1) is 24.0 Å². The van der Waals surface area contributed by atoms with E-state index in [9.17, 15) is 4.79 Å². The molecule has 2 aliphatic rings. The Morgan fingerprint density at radius 3 is 2.39 bits per heavy atom. The molecule has 1 N–H and O–H groups in total. The van der Waals surface area contributed by atoms with Crippen molar-refractivity contribution in [1.82, 2.24) is 20.0 Å². The lowest BCUT2D eigenvalue weighted by Gasteiger charge is -2.39. The number of rotatable bonds is 4. The molecule has 1 atom stereocenters. The van der Waals surface area contributed by atoms with Gasteiger partial charge >= 0.3 is 0 Å². The average Bonchev–Trinajstić information content (AvgIpc) is 3.23. The van der Waals surface area contributed by atoms with Crippen molar-refractivity contribution in [2.45, 2.75) is 39.3 Å². The molecule has 0 aromatic heterocycles. The number of aryl methyl sites for hydroxylation is 1. The summed E-state index contributed by atoms with van der Waals surface area (Å²) in [4.78, 5) is 23.7. The van der Waals surface area contributed by atoms with Crippen LogP contribution in [0, 0.1) is 6.92 Å². The van der Waals surface area contributed by atoms with E-state index in [4.69, 9.17) is 0 Å². The summed E-state index contributed by atoms with van der Waals surface area (Å²) in [7, 11) is 1.84. The molecule has 0 saturated carbocycles. The van der Waals surface area contributed by atoms with Crippen molar-refractivity contribution in [3.63, 3.8) is 0 Å². The Bertz CT molecular complexity index is 667. The fraction of sp³-hybridized carbons (Fsp3) is 0.619. The topological polar surface area (TPSA) is 51.2 Å². The van der Waals surface area contributed by atoms with Gasteiger partial charge in [-0.05, 0) is 32.3 Å². The van der Waals surface area contributed by atoms with Gasteiger partial charge in [0.25, 0.3) is 0 Å². The van der Waals surface area contributed by atoms with Gasteiger partial charge < -0.3 is 15.1 Å². The van der Waals surface area contributed by atoms with Gasteiger partial charge in [0.2, 0.25) is 5.91 Å². The number of piperazine rings is 1. The van der Waals surface area contributed by atoms with Crippen molar-refractivity contribution in [2.75, 3.05) is 46.3 Å². The number of nitrogens with zero attached hydrogens (tertiary/aromatic N) is 4. The summed E-state index contributed by atoms with van der Waals surface area (Å²) in [6, 6.07) is 8.52. The molecule has 1 aromatic carbocycles. The highest BCUT2D eigenvalue weighted by Crippen LogP contribution is 2.14. The zero-order valence-electron chi connectivity index (χ0n) is 17.4. The Balaban J connectivity index is 0.00000280. The molecule has 1 aromatic rings. The molecule has 3 rings (SSSR count). The summed E-state index contributed by atoms with van der Waals surface area (Å²) >= 11 is 0. The van der Waals surface area contributed by atoms with Crippen LogP contribution in [0.5, 0.6) is 0 Å². The molecule has 2 aliphatic heterocycles. The van der Waals surface area contributed by atoms with Gasteiger partial charge in [-0.1, -0.05) is 29.8 Å². The molecule has 0 radical (unpaired) electrons. The first-order valence-corrected chi connectivity index (χ1v) is 10.1. The second-order valence-corrected chi connectivity index (χ2v) is 7.62. The standard InChI is InChI=1S/C21H33N5O.HI/c1-17-7-6-8-19(15-17)16-23-21(22-3)26-13-11-24(12-14-26)18(2)20(27)25-9-4-5-10-25;/h6-8,15,18H,4-5,9-14,16H2,1-3H3,(H,22,23);1H. The van der Waals surface area contributed by atoms with Crippen LogP contribution in [-0.2, 0) is 11.3 Å². The molecule has 2 fully saturated rings. The number of likely N-dealkylation sites (tertiary alicyclic amines) is 1. The van der Waals surface area contributed by atoms with Crippen LogP contribution in [0.4, 0.5) is 0 Å². The maximum atomic E-state index is 12.6. The van der Waals surface area contributed by atoms with Crippen molar-refractivity contribution in [3.05, 3.63) is 35.4 Å². The second kappa shape index (κ2) is 11.0. The first-order chi connectivity index (χ1) is 13.1. The Labute approximate surface area is 186 Å². The number of hydrogen-bond donors (Lipinski definition) is 1. The predicted molar refractivity (Wildman–Crippen MR) is 125 cm³/mol. The highest BCUT2D eigenvalue weighted by Gasteiger charge is 2.30. The lowest BCUT2D eigenvalue weighted by molar-refractivity contribution is -0.135. The van der Waals surface area contributed by atoms with Crippen LogP contribution in [0.2, 0.25) is 0 Å². The molecule has 2 saturated heterocycles. The van der Waals surface area contributed by atoms with E-state index in [1.807, 2.05) is 11.9 Å². The lowest BCUT2D eigenvalue weighted by atomic mass is 10.1. The Hall–Kier alpha value is -1.35. The minimum absolute atomic E-state index is 0. The van der Waals surface area contributed by atoms with Gasteiger partial charge in [0.05, 0.1) is 6.04 Å². The summed E-state index contributed by atoms with van der Waals surface area (Å²) in [6.07, 6.45) is 2.30. The number of amides is 1. The van der Waals surface area contributed by atoms with Crippen LogP contribution in [0.3, 0.4) is 0 Å². The third kappa shape index (κ3) is 5.83. The summed E-state index contributed by atoms with van der Waals surface area (Å²) in [5, 5.41) is 3.48. The SMILES string of the molecule is CN=C(NCc1cccc(C)c1)N1CCN(C(C)C(=O)N2CCCC2)CC1.I. The largest absolute Gasteiger partial charge is 0.352 e. The molecular weight excluding hydrogens is 465 g/mol. The second-order valence-electron chi connectivity index (χ2n) is 7.62. The Kier molecular flexibility index (Phi) is 9.01. The van der Waals surface area contributed by atoms with Crippen LogP contribution in [-0.4, -0.2) is 78.9 Å². The average molecular weight is 499 g/mol. The maximum Gasteiger partial charge on any atom is 0.239 e. The van der Waals surface area contributed by atoms with E-state index in [1.54, 1.807) is 0 Å². The normalized spacial score (nSPS) is 19.3. The first-order valence-electron chi connectivity index (χ1n) is 10.1. The van der Waals surface area contributed by atoms with E-state index in [0.29, 0.717) is 5.91 Å². The molecule has 0 spiro atoms.